The van der Waals surface area contributed by atoms with Crippen LogP contribution in [0.1, 0.15) is 11.3 Å². The van der Waals surface area contributed by atoms with Gasteiger partial charge < -0.3 is 21.1 Å². The van der Waals surface area contributed by atoms with Crippen molar-refractivity contribution < 1.29 is 5.11 Å². The van der Waals surface area contributed by atoms with Crippen molar-refractivity contribution in [1.82, 2.24) is 20.3 Å². The van der Waals surface area contributed by atoms with E-state index in [4.69, 9.17) is 0 Å². The van der Waals surface area contributed by atoms with E-state index in [-0.39, 0.29) is 18.6 Å². The number of aryl methyl sites for hydroxylation is 2. The number of aliphatic hydroxyl groups is 1. The molecule has 3 heterocycles. The summed E-state index contributed by atoms with van der Waals surface area (Å²) < 4.78 is 0. The second-order valence-electron chi connectivity index (χ2n) is 5.78. The Balaban J connectivity index is 2.00. The Morgan fingerprint density at radius 1 is 1.27 bits per heavy atom. The van der Waals surface area contributed by atoms with E-state index in [1.54, 1.807) is 0 Å². The van der Waals surface area contributed by atoms with Gasteiger partial charge in [0.2, 0.25) is 5.95 Å². The van der Waals surface area contributed by atoms with Crippen LogP contribution in [0.25, 0.3) is 11.0 Å². The van der Waals surface area contributed by atoms with Crippen LogP contribution in [0.15, 0.2) is 6.07 Å². The highest BCUT2D eigenvalue weighted by Crippen LogP contribution is 2.25. The molecule has 118 valence electrons. The van der Waals surface area contributed by atoms with E-state index in [9.17, 15) is 5.11 Å². The number of hydrogen-bond donors (Lipinski definition) is 4. The molecule has 0 bridgehead atoms. The van der Waals surface area contributed by atoms with Gasteiger partial charge in [0, 0.05) is 44.4 Å². The molecule has 2 atom stereocenters. The maximum absolute atomic E-state index is 9.41. The molecule has 0 aliphatic carbocycles. The maximum Gasteiger partial charge on any atom is 0.227 e. The van der Waals surface area contributed by atoms with Crippen molar-refractivity contribution in [2.24, 2.45) is 5.92 Å². The van der Waals surface area contributed by atoms with Gasteiger partial charge in [0.15, 0.2) is 5.65 Å². The van der Waals surface area contributed by atoms with Gasteiger partial charge in [0.1, 0.15) is 5.82 Å². The molecule has 3 rings (SSSR count). The van der Waals surface area contributed by atoms with Crippen molar-refractivity contribution in [2.45, 2.75) is 19.9 Å². The smallest absolute Gasteiger partial charge is 0.227 e. The van der Waals surface area contributed by atoms with Crippen LogP contribution in [-0.4, -0.2) is 52.8 Å². The lowest BCUT2D eigenvalue weighted by Crippen LogP contribution is -2.31. The van der Waals surface area contributed by atoms with Gasteiger partial charge in [0.05, 0.1) is 5.39 Å². The summed E-state index contributed by atoms with van der Waals surface area (Å²) in [5.74, 6) is 1.48. The molecule has 4 N–H and O–H groups in total. The van der Waals surface area contributed by atoms with Crippen LogP contribution < -0.4 is 16.0 Å². The van der Waals surface area contributed by atoms with Gasteiger partial charge in [-0.05, 0) is 25.5 Å². The summed E-state index contributed by atoms with van der Waals surface area (Å²) in [5, 5.41) is 20.1. The predicted octanol–water partition coefficient (Wildman–Crippen LogP) is 0.676. The van der Waals surface area contributed by atoms with Crippen LogP contribution >= 0.6 is 0 Å². The molecule has 1 saturated heterocycles. The van der Waals surface area contributed by atoms with E-state index in [0.29, 0.717) is 11.6 Å². The van der Waals surface area contributed by atoms with Gasteiger partial charge >= 0.3 is 0 Å². The summed E-state index contributed by atoms with van der Waals surface area (Å²) in [6, 6.07) is 2.15. The summed E-state index contributed by atoms with van der Waals surface area (Å²) in [6.07, 6.45) is 0. The van der Waals surface area contributed by atoms with Crippen LogP contribution in [-0.2, 0) is 0 Å². The zero-order chi connectivity index (χ0) is 15.7. The first-order valence-corrected chi connectivity index (χ1v) is 7.54. The van der Waals surface area contributed by atoms with Crippen molar-refractivity contribution in [3.63, 3.8) is 0 Å². The molecule has 0 saturated carbocycles. The third-order valence-corrected chi connectivity index (χ3v) is 4.12. The molecule has 2 aromatic rings. The molecule has 0 radical (unpaired) electrons. The van der Waals surface area contributed by atoms with E-state index in [2.05, 4.69) is 30.9 Å². The Hall–Kier alpha value is -1.99. The fraction of sp³-hybridized carbons (Fsp3) is 0.533. The lowest BCUT2D eigenvalue weighted by atomic mass is 10.1. The topological polar surface area (TPSA) is 95.0 Å². The fourth-order valence-corrected chi connectivity index (χ4v) is 2.98. The summed E-state index contributed by atoms with van der Waals surface area (Å²) in [6.45, 7) is 5.74. The van der Waals surface area contributed by atoms with Crippen LogP contribution in [0, 0.1) is 19.8 Å². The van der Waals surface area contributed by atoms with Crippen LogP contribution in [0.5, 0.6) is 0 Å². The van der Waals surface area contributed by atoms with Crippen LogP contribution in [0.4, 0.5) is 11.8 Å². The molecule has 1 fully saturated rings. The molecule has 2 aromatic heterocycles. The molecule has 1 aliphatic heterocycles. The summed E-state index contributed by atoms with van der Waals surface area (Å²) >= 11 is 0. The molecule has 0 amide bonds. The van der Waals surface area contributed by atoms with Crippen molar-refractivity contribution in [3.05, 3.63) is 17.3 Å². The van der Waals surface area contributed by atoms with Gasteiger partial charge in [-0.25, -0.2) is 4.98 Å². The van der Waals surface area contributed by atoms with Gasteiger partial charge in [-0.1, -0.05) is 0 Å². The predicted molar refractivity (Wildman–Crippen MR) is 87.2 cm³/mol. The fourth-order valence-electron chi connectivity index (χ4n) is 2.98. The van der Waals surface area contributed by atoms with Gasteiger partial charge in [0.25, 0.3) is 0 Å². The first kappa shape index (κ1) is 14.9. The van der Waals surface area contributed by atoms with Crippen LogP contribution in [0.3, 0.4) is 0 Å². The second-order valence-corrected chi connectivity index (χ2v) is 5.78. The zero-order valence-corrected chi connectivity index (χ0v) is 13.1. The SMILES string of the molecule is CNc1nc(N[C@H]2CNC[C@H]2CO)nc2nc(C)cc(C)c12. The van der Waals surface area contributed by atoms with E-state index in [0.717, 1.165) is 35.6 Å². The number of pyridine rings is 1. The molecular formula is C15H22N6O. The largest absolute Gasteiger partial charge is 0.396 e. The van der Waals surface area contributed by atoms with Crippen LogP contribution in [0.2, 0.25) is 0 Å². The number of aromatic nitrogens is 3. The van der Waals surface area contributed by atoms with Gasteiger partial charge in [-0.3, -0.25) is 0 Å². The Morgan fingerprint density at radius 2 is 2.09 bits per heavy atom. The Bertz CT molecular complexity index is 689. The molecule has 0 unspecified atom stereocenters. The molecule has 0 aromatic carbocycles. The highest BCUT2D eigenvalue weighted by Gasteiger charge is 2.27. The molecule has 0 spiro atoms. The molecule has 7 heteroatoms. The average Bonchev–Trinajstić information content (AvgIpc) is 2.92. The minimum atomic E-state index is 0.123. The number of nitrogens with zero attached hydrogens (tertiary/aromatic N) is 3. The Kier molecular flexibility index (Phi) is 4.08. The number of nitrogens with one attached hydrogen (secondary N) is 3. The van der Waals surface area contributed by atoms with Crippen molar-refractivity contribution in [1.29, 1.82) is 0 Å². The first-order chi connectivity index (χ1) is 10.6. The minimum absolute atomic E-state index is 0.123. The monoisotopic (exact) mass is 302 g/mol. The molecule has 22 heavy (non-hydrogen) atoms. The molecular weight excluding hydrogens is 280 g/mol. The number of aliphatic hydroxyl groups excluding tert-OH is 1. The third kappa shape index (κ3) is 2.69. The Labute approximate surface area is 129 Å². The van der Waals surface area contributed by atoms with Crippen molar-refractivity contribution >= 4 is 22.8 Å². The number of rotatable bonds is 4. The Morgan fingerprint density at radius 3 is 2.82 bits per heavy atom. The van der Waals surface area contributed by atoms with Gasteiger partial charge in [-0.15, -0.1) is 0 Å². The third-order valence-electron chi connectivity index (χ3n) is 4.12. The first-order valence-electron chi connectivity index (χ1n) is 7.54. The zero-order valence-electron chi connectivity index (χ0n) is 13.1. The lowest BCUT2D eigenvalue weighted by Gasteiger charge is -2.19. The summed E-state index contributed by atoms with van der Waals surface area (Å²) in [5.41, 5.74) is 2.73. The minimum Gasteiger partial charge on any atom is -0.396 e. The summed E-state index contributed by atoms with van der Waals surface area (Å²) in [4.78, 5) is 13.6. The number of anilines is 2. The van der Waals surface area contributed by atoms with E-state index in [1.165, 1.54) is 0 Å². The van der Waals surface area contributed by atoms with Crippen molar-refractivity contribution in [2.75, 3.05) is 37.4 Å². The second kappa shape index (κ2) is 6.02. The van der Waals surface area contributed by atoms with E-state index in [1.807, 2.05) is 27.0 Å². The molecule has 1 aliphatic rings. The van der Waals surface area contributed by atoms with E-state index >= 15 is 0 Å². The number of fused-ring (bicyclic) bond motifs is 1. The lowest BCUT2D eigenvalue weighted by molar-refractivity contribution is 0.231. The van der Waals surface area contributed by atoms with Gasteiger partial charge in [-0.2, -0.15) is 9.97 Å². The normalized spacial score (nSPS) is 21.3. The maximum atomic E-state index is 9.41. The summed E-state index contributed by atoms with van der Waals surface area (Å²) in [7, 11) is 1.85. The quantitative estimate of drug-likeness (QED) is 0.659. The standard InChI is InChI=1S/C15H22N6O/c1-8-4-9(2)18-14-12(8)13(16-3)20-15(21-14)19-11-6-17-5-10(11)7-22/h4,10-11,17,22H,5-7H2,1-3H3,(H2,16,18,19,20,21)/t10-,11-/m0/s1. The van der Waals surface area contributed by atoms with E-state index < -0.39 is 0 Å². The molecule has 7 nitrogen and oxygen atoms in total. The average molecular weight is 302 g/mol. The highest BCUT2D eigenvalue weighted by molar-refractivity contribution is 5.90. The number of hydrogen-bond acceptors (Lipinski definition) is 7. The van der Waals surface area contributed by atoms with Crippen molar-refractivity contribution in [3.8, 4) is 0 Å². The highest BCUT2D eigenvalue weighted by atomic mass is 16.3.